The first-order chi connectivity index (χ1) is 7.83. The van der Waals surface area contributed by atoms with E-state index in [1.165, 1.54) is 25.7 Å². The van der Waals surface area contributed by atoms with Gasteiger partial charge in [-0.15, -0.1) is 0 Å². The highest BCUT2D eigenvalue weighted by Crippen LogP contribution is 2.12. The van der Waals surface area contributed by atoms with E-state index in [4.69, 9.17) is 10.5 Å². The number of unbranched alkanes of at least 4 members (excludes halogenated alkanes) is 4. The maximum atomic E-state index is 5.90. The molecule has 0 bridgehead atoms. The average Bonchev–Trinajstić information content (AvgIpc) is 2.30. The van der Waals surface area contributed by atoms with Gasteiger partial charge in [-0.3, -0.25) is 5.73 Å². The fraction of sp³-hybridized carbons (Fsp3) is 0.571. The summed E-state index contributed by atoms with van der Waals surface area (Å²) in [5.74, 6) is 0.864. The van der Waals surface area contributed by atoms with E-state index in [2.05, 4.69) is 6.92 Å². The second-order valence-electron chi connectivity index (χ2n) is 4.17. The predicted octanol–water partition coefficient (Wildman–Crippen LogP) is 3.71. The molecular formula is C14H23NO. The summed E-state index contributed by atoms with van der Waals surface area (Å²) < 4.78 is 5.60. The number of hydrogen-bond donors (Lipinski definition) is 1. The van der Waals surface area contributed by atoms with Crippen molar-refractivity contribution in [3.05, 3.63) is 30.3 Å². The molecular weight excluding hydrogens is 198 g/mol. The van der Waals surface area contributed by atoms with Crippen LogP contribution in [0.3, 0.4) is 0 Å². The van der Waals surface area contributed by atoms with Gasteiger partial charge in [-0.25, -0.2) is 0 Å². The first-order valence-corrected chi connectivity index (χ1v) is 6.30. The van der Waals surface area contributed by atoms with Gasteiger partial charge in [0, 0.05) is 0 Å². The molecule has 1 atom stereocenters. The molecule has 0 fully saturated rings. The highest BCUT2D eigenvalue weighted by Gasteiger charge is 2.03. The van der Waals surface area contributed by atoms with Crippen LogP contribution in [-0.4, -0.2) is 6.23 Å². The van der Waals surface area contributed by atoms with E-state index < -0.39 is 0 Å². The number of nitrogens with two attached hydrogens (primary N) is 1. The number of benzene rings is 1. The van der Waals surface area contributed by atoms with Crippen LogP contribution in [0.2, 0.25) is 0 Å². The fourth-order valence-corrected chi connectivity index (χ4v) is 1.68. The third-order valence-electron chi connectivity index (χ3n) is 2.62. The number of hydrogen-bond acceptors (Lipinski definition) is 2. The molecule has 1 unspecified atom stereocenters. The van der Waals surface area contributed by atoms with Crippen molar-refractivity contribution < 1.29 is 4.74 Å². The molecule has 1 aromatic rings. The van der Waals surface area contributed by atoms with Crippen LogP contribution in [0.1, 0.15) is 45.4 Å². The van der Waals surface area contributed by atoms with Crippen molar-refractivity contribution in [2.45, 2.75) is 51.7 Å². The average molecular weight is 221 g/mol. The van der Waals surface area contributed by atoms with Gasteiger partial charge in [-0.05, 0) is 25.0 Å². The molecule has 1 rings (SSSR count). The second kappa shape index (κ2) is 8.17. The fourth-order valence-electron chi connectivity index (χ4n) is 1.68. The quantitative estimate of drug-likeness (QED) is 0.536. The third kappa shape index (κ3) is 5.76. The number of rotatable bonds is 8. The van der Waals surface area contributed by atoms with Crippen molar-refractivity contribution in [2.24, 2.45) is 5.73 Å². The first kappa shape index (κ1) is 13.0. The standard InChI is InChI=1S/C14H23NO/c1-2-3-4-5-9-12-14(15)16-13-10-7-6-8-11-13/h6-8,10-11,14H,2-5,9,12,15H2,1H3. The summed E-state index contributed by atoms with van der Waals surface area (Å²) in [4.78, 5) is 0. The van der Waals surface area contributed by atoms with E-state index in [-0.39, 0.29) is 6.23 Å². The first-order valence-electron chi connectivity index (χ1n) is 6.30. The van der Waals surface area contributed by atoms with Gasteiger partial charge in [-0.1, -0.05) is 50.8 Å². The minimum absolute atomic E-state index is 0.163. The van der Waals surface area contributed by atoms with E-state index >= 15 is 0 Å². The van der Waals surface area contributed by atoms with Crippen molar-refractivity contribution in [3.8, 4) is 5.75 Å². The van der Waals surface area contributed by atoms with Crippen LogP contribution in [0, 0.1) is 0 Å². The molecule has 0 saturated heterocycles. The smallest absolute Gasteiger partial charge is 0.147 e. The summed E-state index contributed by atoms with van der Waals surface area (Å²) in [5, 5.41) is 0. The lowest BCUT2D eigenvalue weighted by Crippen LogP contribution is -2.26. The Morgan fingerprint density at radius 1 is 1.06 bits per heavy atom. The van der Waals surface area contributed by atoms with Crippen LogP contribution in [0.15, 0.2) is 30.3 Å². The Morgan fingerprint density at radius 3 is 2.44 bits per heavy atom. The molecule has 0 heterocycles. The Balaban J connectivity index is 2.09. The van der Waals surface area contributed by atoms with Crippen molar-refractivity contribution in [3.63, 3.8) is 0 Å². The molecule has 0 amide bonds. The third-order valence-corrected chi connectivity index (χ3v) is 2.62. The van der Waals surface area contributed by atoms with Crippen LogP contribution >= 0.6 is 0 Å². The molecule has 2 N–H and O–H groups in total. The van der Waals surface area contributed by atoms with Crippen molar-refractivity contribution in [1.29, 1.82) is 0 Å². The van der Waals surface area contributed by atoms with Gasteiger partial charge in [0.15, 0.2) is 0 Å². The van der Waals surface area contributed by atoms with Gasteiger partial charge < -0.3 is 4.74 Å². The Labute approximate surface area is 98.8 Å². The van der Waals surface area contributed by atoms with Crippen molar-refractivity contribution in [2.75, 3.05) is 0 Å². The van der Waals surface area contributed by atoms with E-state index in [1.807, 2.05) is 30.3 Å². The molecule has 0 aliphatic carbocycles. The molecule has 0 saturated carbocycles. The van der Waals surface area contributed by atoms with Crippen LogP contribution in [-0.2, 0) is 0 Å². The largest absolute Gasteiger partial charge is 0.476 e. The molecule has 2 nitrogen and oxygen atoms in total. The summed E-state index contributed by atoms with van der Waals surface area (Å²) in [6, 6.07) is 9.78. The number of ether oxygens (including phenoxy) is 1. The molecule has 0 aliphatic rings. The van der Waals surface area contributed by atoms with Gasteiger partial charge in [0.1, 0.15) is 12.0 Å². The molecule has 1 aromatic carbocycles. The Hall–Kier alpha value is -1.02. The van der Waals surface area contributed by atoms with Crippen LogP contribution in [0.4, 0.5) is 0 Å². The highest BCUT2D eigenvalue weighted by molar-refractivity contribution is 5.21. The SMILES string of the molecule is CCCCCCCC(N)Oc1ccccc1. The lowest BCUT2D eigenvalue weighted by atomic mass is 10.1. The summed E-state index contributed by atoms with van der Waals surface area (Å²) in [6.45, 7) is 2.23. The van der Waals surface area contributed by atoms with Crippen LogP contribution in [0.5, 0.6) is 5.75 Å². The molecule has 0 spiro atoms. The van der Waals surface area contributed by atoms with Crippen molar-refractivity contribution in [1.82, 2.24) is 0 Å². The van der Waals surface area contributed by atoms with E-state index in [1.54, 1.807) is 0 Å². The molecule has 90 valence electrons. The van der Waals surface area contributed by atoms with E-state index in [9.17, 15) is 0 Å². The maximum absolute atomic E-state index is 5.90. The second-order valence-corrected chi connectivity index (χ2v) is 4.17. The van der Waals surface area contributed by atoms with Gasteiger partial charge >= 0.3 is 0 Å². The normalized spacial score (nSPS) is 12.4. The summed E-state index contributed by atoms with van der Waals surface area (Å²) >= 11 is 0. The zero-order chi connectivity index (χ0) is 11.6. The summed E-state index contributed by atoms with van der Waals surface area (Å²) in [7, 11) is 0. The zero-order valence-electron chi connectivity index (χ0n) is 10.2. The predicted molar refractivity (Wildman–Crippen MR) is 68.4 cm³/mol. The van der Waals surface area contributed by atoms with Crippen molar-refractivity contribution >= 4 is 0 Å². The topological polar surface area (TPSA) is 35.2 Å². The summed E-state index contributed by atoms with van der Waals surface area (Å²) in [6.07, 6.45) is 7.13. The van der Waals surface area contributed by atoms with Gasteiger partial charge in [0.2, 0.25) is 0 Å². The van der Waals surface area contributed by atoms with Gasteiger partial charge in [-0.2, -0.15) is 0 Å². The summed E-state index contributed by atoms with van der Waals surface area (Å²) in [5.41, 5.74) is 5.90. The van der Waals surface area contributed by atoms with E-state index in [0.717, 1.165) is 18.6 Å². The Kier molecular flexibility index (Phi) is 6.66. The molecule has 0 radical (unpaired) electrons. The maximum Gasteiger partial charge on any atom is 0.147 e. The molecule has 0 aromatic heterocycles. The van der Waals surface area contributed by atoms with Gasteiger partial charge in [0.25, 0.3) is 0 Å². The lowest BCUT2D eigenvalue weighted by molar-refractivity contribution is 0.194. The van der Waals surface area contributed by atoms with Crippen LogP contribution < -0.4 is 10.5 Å². The minimum atomic E-state index is -0.163. The minimum Gasteiger partial charge on any atom is -0.476 e. The lowest BCUT2D eigenvalue weighted by Gasteiger charge is -2.14. The zero-order valence-corrected chi connectivity index (χ0v) is 10.2. The van der Waals surface area contributed by atoms with Crippen LogP contribution in [0.25, 0.3) is 0 Å². The molecule has 2 heteroatoms. The highest BCUT2D eigenvalue weighted by atomic mass is 16.5. The molecule has 16 heavy (non-hydrogen) atoms. The number of para-hydroxylation sites is 1. The van der Waals surface area contributed by atoms with E-state index in [0.29, 0.717) is 0 Å². The monoisotopic (exact) mass is 221 g/mol. The Morgan fingerprint density at radius 2 is 1.75 bits per heavy atom. The Bertz CT molecular complexity index is 261. The van der Waals surface area contributed by atoms with Gasteiger partial charge in [0.05, 0.1) is 0 Å². The molecule has 0 aliphatic heterocycles.